The highest BCUT2D eigenvalue weighted by atomic mass is 16.5. The number of hydrogen-bond donors (Lipinski definition) is 1. The molecular weight excluding hydrogens is 368 g/mol. The van der Waals surface area contributed by atoms with Crippen LogP contribution in [0.1, 0.15) is 41.6 Å². The SMILES string of the molecule is COc1ccc(CCNc2cc(C(=O)N3CCCC(C)C3)nc(C)n2)cc1OC. The van der Waals surface area contributed by atoms with E-state index >= 15 is 0 Å². The Morgan fingerprint density at radius 1 is 1.21 bits per heavy atom. The lowest BCUT2D eigenvalue weighted by Crippen LogP contribution is -2.39. The number of benzene rings is 1. The van der Waals surface area contributed by atoms with Crippen molar-refractivity contribution < 1.29 is 14.3 Å². The van der Waals surface area contributed by atoms with Crippen LogP contribution in [-0.2, 0) is 6.42 Å². The van der Waals surface area contributed by atoms with Gasteiger partial charge in [-0.05, 0) is 49.8 Å². The van der Waals surface area contributed by atoms with E-state index in [2.05, 4.69) is 22.2 Å². The van der Waals surface area contributed by atoms with E-state index in [1.54, 1.807) is 20.3 Å². The number of hydrogen-bond acceptors (Lipinski definition) is 6. The van der Waals surface area contributed by atoms with Gasteiger partial charge < -0.3 is 19.7 Å². The summed E-state index contributed by atoms with van der Waals surface area (Å²) < 4.78 is 10.6. The second-order valence-corrected chi connectivity index (χ2v) is 7.55. The van der Waals surface area contributed by atoms with Crippen LogP contribution in [0, 0.1) is 12.8 Å². The molecule has 1 atom stereocenters. The zero-order chi connectivity index (χ0) is 20.8. The summed E-state index contributed by atoms with van der Waals surface area (Å²) in [7, 11) is 3.26. The number of aryl methyl sites for hydroxylation is 1. The van der Waals surface area contributed by atoms with Gasteiger partial charge in [0.05, 0.1) is 14.2 Å². The summed E-state index contributed by atoms with van der Waals surface area (Å²) >= 11 is 0. The van der Waals surface area contributed by atoms with Crippen molar-refractivity contribution in [2.45, 2.75) is 33.1 Å². The van der Waals surface area contributed by atoms with Crippen LogP contribution in [0.3, 0.4) is 0 Å². The summed E-state index contributed by atoms with van der Waals surface area (Å²) in [4.78, 5) is 23.6. The highest BCUT2D eigenvalue weighted by Gasteiger charge is 2.23. The van der Waals surface area contributed by atoms with E-state index in [-0.39, 0.29) is 5.91 Å². The Balaban J connectivity index is 1.63. The molecule has 1 aliphatic rings. The van der Waals surface area contributed by atoms with E-state index in [9.17, 15) is 4.79 Å². The molecule has 0 aliphatic carbocycles. The van der Waals surface area contributed by atoms with Gasteiger partial charge in [0, 0.05) is 25.7 Å². The molecular formula is C22H30N4O3. The van der Waals surface area contributed by atoms with Gasteiger partial charge >= 0.3 is 0 Å². The molecule has 29 heavy (non-hydrogen) atoms. The molecule has 7 nitrogen and oxygen atoms in total. The number of piperidine rings is 1. The molecule has 1 saturated heterocycles. The molecule has 1 aliphatic heterocycles. The molecule has 1 N–H and O–H groups in total. The Bertz CT molecular complexity index is 856. The van der Waals surface area contributed by atoms with Gasteiger partial charge in [0.1, 0.15) is 17.3 Å². The third-order valence-corrected chi connectivity index (χ3v) is 5.17. The fraction of sp³-hybridized carbons (Fsp3) is 0.500. The van der Waals surface area contributed by atoms with Crippen molar-refractivity contribution in [3.63, 3.8) is 0 Å². The first-order valence-corrected chi connectivity index (χ1v) is 10.1. The number of methoxy groups -OCH3 is 2. The minimum absolute atomic E-state index is 0.00927. The van der Waals surface area contributed by atoms with Gasteiger partial charge in [-0.2, -0.15) is 0 Å². The number of amides is 1. The number of rotatable bonds is 7. The largest absolute Gasteiger partial charge is 0.493 e. The highest BCUT2D eigenvalue weighted by molar-refractivity contribution is 5.93. The van der Waals surface area contributed by atoms with Crippen LogP contribution in [-0.4, -0.2) is 54.6 Å². The molecule has 0 bridgehead atoms. The fourth-order valence-corrected chi connectivity index (χ4v) is 3.67. The first-order valence-electron chi connectivity index (χ1n) is 10.1. The van der Waals surface area contributed by atoms with Crippen LogP contribution >= 0.6 is 0 Å². The third-order valence-electron chi connectivity index (χ3n) is 5.17. The monoisotopic (exact) mass is 398 g/mol. The van der Waals surface area contributed by atoms with Gasteiger partial charge in [0.25, 0.3) is 5.91 Å². The van der Waals surface area contributed by atoms with Crippen LogP contribution in [0.5, 0.6) is 11.5 Å². The highest BCUT2D eigenvalue weighted by Crippen LogP contribution is 2.27. The third kappa shape index (κ3) is 5.37. The van der Waals surface area contributed by atoms with Gasteiger partial charge in [-0.3, -0.25) is 4.79 Å². The molecule has 1 aromatic carbocycles. The Morgan fingerprint density at radius 3 is 2.72 bits per heavy atom. The second-order valence-electron chi connectivity index (χ2n) is 7.55. The molecule has 2 aromatic rings. The number of ether oxygens (including phenoxy) is 2. The number of aromatic nitrogens is 2. The molecule has 156 valence electrons. The predicted octanol–water partition coefficient (Wildman–Crippen LogP) is 3.33. The maximum absolute atomic E-state index is 12.9. The van der Waals surface area contributed by atoms with E-state index in [4.69, 9.17) is 9.47 Å². The zero-order valence-electron chi connectivity index (χ0n) is 17.7. The predicted molar refractivity (Wildman–Crippen MR) is 113 cm³/mol. The summed E-state index contributed by atoms with van der Waals surface area (Å²) in [5.74, 6) is 3.22. The summed E-state index contributed by atoms with van der Waals surface area (Å²) in [6.07, 6.45) is 3.01. The maximum Gasteiger partial charge on any atom is 0.272 e. The molecule has 0 spiro atoms. The van der Waals surface area contributed by atoms with E-state index in [1.807, 2.05) is 30.0 Å². The Hall–Kier alpha value is -2.83. The number of carbonyl (C=O) groups excluding carboxylic acids is 1. The van der Waals surface area contributed by atoms with Gasteiger partial charge in [-0.15, -0.1) is 0 Å². The average Bonchev–Trinajstić information content (AvgIpc) is 2.72. The number of nitrogens with one attached hydrogen (secondary N) is 1. The standard InChI is InChI=1S/C22H30N4O3/c1-15-6-5-11-26(14-15)22(27)18-13-21(25-16(2)24-18)23-10-9-17-7-8-19(28-3)20(12-17)29-4/h7-8,12-13,15H,5-6,9-11,14H2,1-4H3,(H,23,24,25). The van der Waals surface area contributed by atoms with Crippen LogP contribution in [0.15, 0.2) is 24.3 Å². The smallest absolute Gasteiger partial charge is 0.272 e. The molecule has 1 aromatic heterocycles. The topological polar surface area (TPSA) is 76.6 Å². The average molecular weight is 399 g/mol. The van der Waals surface area contributed by atoms with Crippen molar-refractivity contribution in [1.29, 1.82) is 0 Å². The molecule has 2 heterocycles. The van der Waals surface area contributed by atoms with E-state index in [0.29, 0.717) is 41.3 Å². The lowest BCUT2D eigenvalue weighted by atomic mass is 10.00. The summed E-state index contributed by atoms with van der Waals surface area (Å²) in [6, 6.07) is 7.64. The maximum atomic E-state index is 12.9. The van der Waals surface area contributed by atoms with Gasteiger partial charge in [0.15, 0.2) is 11.5 Å². The molecule has 1 fully saturated rings. The van der Waals surface area contributed by atoms with Gasteiger partial charge in [0.2, 0.25) is 0 Å². The Labute approximate surface area is 172 Å². The lowest BCUT2D eigenvalue weighted by molar-refractivity contribution is 0.0676. The molecule has 3 rings (SSSR count). The van der Waals surface area contributed by atoms with Gasteiger partial charge in [-0.25, -0.2) is 9.97 Å². The van der Waals surface area contributed by atoms with E-state index in [1.165, 1.54) is 6.42 Å². The second kappa shape index (κ2) is 9.58. The first-order chi connectivity index (χ1) is 14.0. The van der Waals surface area contributed by atoms with Crippen LogP contribution in [0.2, 0.25) is 0 Å². The lowest BCUT2D eigenvalue weighted by Gasteiger charge is -2.30. The number of carbonyl (C=O) groups is 1. The Kier molecular flexibility index (Phi) is 6.90. The molecule has 0 radical (unpaired) electrons. The summed E-state index contributed by atoms with van der Waals surface area (Å²) in [6.45, 7) is 6.28. The molecule has 0 saturated carbocycles. The molecule has 1 unspecified atom stereocenters. The van der Waals surface area contributed by atoms with E-state index < -0.39 is 0 Å². The summed E-state index contributed by atoms with van der Waals surface area (Å²) in [5.41, 5.74) is 1.58. The van der Waals surface area contributed by atoms with E-state index in [0.717, 1.165) is 31.5 Å². The number of nitrogens with zero attached hydrogens (tertiary/aromatic N) is 3. The van der Waals surface area contributed by atoms with Crippen molar-refractivity contribution >= 4 is 11.7 Å². The van der Waals surface area contributed by atoms with Crippen molar-refractivity contribution in [1.82, 2.24) is 14.9 Å². The van der Waals surface area contributed by atoms with Crippen molar-refractivity contribution in [2.24, 2.45) is 5.92 Å². The fourth-order valence-electron chi connectivity index (χ4n) is 3.67. The zero-order valence-corrected chi connectivity index (χ0v) is 17.7. The molecule has 1 amide bonds. The molecule has 7 heteroatoms. The van der Waals surface area contributed by atoms with Crippen LogP contribution in [0.4, 0.5) is 5.82 Å². The van der Waals surface area contributed by atoms with Crippen molar-refractivity contribution in [2.75, 3.05) is 39.2 Å². The Morgan fingerprint density at radius 2 is 2.00 bits per heavy atom. The number of anilines is 1. The van der Waals surface area contributed by atoms with Gasteiger partial charge in [-0.1, -0.05) is 13.0 Å². The minimum atomic E-state index is -0.00927. The van der Waals surface area contributed by atoms with Crippen molar-refractivity contribution in [3.8, 4) is 11.5 Å². The summed E-state index contributed by atoms with van der Waals surface area (Å²) in [5, 5.41) is 3.31. The first kappa shape index (κ1) is 20.9. The normalized spacial score (nSPS) is 16.4. The van der Waals surface area contributed by atoms with Crippen molar-refractivity contribution in [3.05, 3.63) is 41.3 Å². The van der Waals surface area contributed by atoms with Crippen LogP contribution in [0.25, 0.3) is 0 Å². The van der Waals surface area contributed by atoms with Crippen LogP contribution < -0.4 is 14.8 Å². The quantitative estimate of drug-likeness (QED) is 0.771. The number of likely N-dealkylation sites (tertiary alicyclic amines) is 1. The minimum Gasteiger partial charge on any atom is -0.493 e.